The van der Waals surface area contributed by atoms with Gasteiger partial charge >= 0.3 is 0 Å². The van der Waals surface area contributed by atoms with Gasteiger partial charge in [-0.25, -0.2) is 0 Å². The van der Waals surface area contributed by atoms with Crippen molar-refractivity contribution in [1.29, 1.82) is 0 Å². The van der Waals surface area contributed by atoms with Gasteiger partial charge in [0.25, 0.3) is 0 Å². The monoisotopic (exact) mass is 478 g/mol. The van der Waals surface area contributed by atoms with Gasteiger partial charge in [-0.3, -0.25) is 4.79 Å². The summed E-state index contributed by atoms with van der Waals surface area (Å²) in [6.45, 7) is 4.61. The van der Waals surface area contributed by atoms with Gasteiger partial charge < -0.3 is 9.88 Å². The Bertz CT molecular complexity index is 911. The third-order valence-corrected chi connectivity index (χ3v) is 5.52. The van der Waals surface area contributed by atoms with Crippen LogP contribution in [0.1, 0.15) is 17.0 Å². The third-order valence-electron chi connectivity index (χ3n) is 3.88. The Morgan fingerprint density at radius 1 is 1.15 bits per heavy atom. The minimum atomic E-state index is -0.0498. The lowest BCUT2D eigenvalue weighted by Crippen LogP contribution is -2.15. The number of nitrogens with zero attached hydrogens (tertiary/aromatic N) is 3. The van der Waals surface area contributed by atoms with Crippen LogP contribution in [0.2, 0.25) is 0 Å². The highest BCUT2D eigenvalue weighted by atomic mass is 127. The number of hydrogen-bond acceptors (Lipinski definition) is 4. The molecule has 0 aliphatic carbocycles. The molecule has 0 fully saturated rings. The number of halogens is 1. The molecule has 0 saturated heterocycles. The van der Waals surface area contributed by atoms with Crippen LogP contribution >= 0.6 is 34.4 Å². The topological polar surface area (TPSA) is 59.8 Å². The summed E-state index contributed by atoms with van der Waals surface area (Å²) < 4.78 is 3.18. The largest absolute Gasteiger partial charge is 0.325 e. The fourth-order valence-corrected chi connectivity index (χ4v) is 3.93. The summed E-state index contributed by atoms with van der Waals surface area (Å²) in [6.07, 6.45) is 0. The van der Waals surface area contributed by atoms with Crippen molar-refractivity contribution in [2.24, 2.45) is 0 Å². The zero-order valence-corrected chi connectivity index (χ0v) is 17.5. The highest BCUT2D eigenvalue weighted by Gasteiger charge is 2.13. The Labute approximate surface area is 170 Å². The molecule has 0 unspecified atom stereocenters. The Morgan fingerprint density at radius 2 is 1.92 bits per heavy atom. The van der Waals surface area contributed by atoms with Crippen molar-refractivity contribution < 1.29 is 4.79 Å². The summed E-state index contributed by atoms with van der Waals surface area (Å²) in [4.78, 5) is 12.3. The van der Waals surface area contributed by atoms with Gasteiger partial charge in [-0.2, -0.15) is 0 Å². The van der Waals surface area contributed by atoms with Gasteiger partial charge in [-0.05, 0) is 65.8 Å². The van der Waals surface area contributed by atoms with Crippen LogP contribution < -0.4 is 5.32 Å². The average Bonchev–Trinajstić information content (AvgIpc) is 2.97. The lowest BCUT2D eigenvalue weighted by atomic mass is 10.2. The van der Waals surface area contributed by atoms with Gasteiger partial charge in [0.05, 0.1) is 12.3 Å². The second-order valence-electron chi connectivity index (χ2n) is 5.90. The van der Waals surface area contributed by atoms with Gasteiger partial charge in [0.1, 0.15) is 5.82 Å². The summed E-state index contributed by atoms with van der Waals surface area (Å²) in [5.41, 5.74) is 3.08. The molecule has 134 valence electrons. The summed E-state index contributed by atoms with van der Waals surface area (Å²) >= 11 is 3.66. The van der Waals surface area contributed by atoms with Crippen molar-refractivity contribution >= 4 is 45.9 Å². The van der Waals surface area contributed by atoms with Crippen LogP contribution in [0, 0.1) is 17.4 Å². The number of hydrogen-bond donors (Lipinski definition) is 1. The van der Waals surface area contributed by atoms with Crippen LogP contribution in [0.25, 0.3) is 0 Å². The van der Waals surface area contributed by atoms with E-state index in [-0.39, 0.29) is 5.91 Å². The van der Waals surface area contributed by atoms with Crippen molar-refractivity contribution in [3.05, 3.63) is 69.1 Å². The molecule has 0 atom stereocenters. The normalized spacial score (nSPS) is 10.7. The van der Waals surface area contributed by atoms with Crippen LogP contribution in [0.15, 0.2) is 53.7 Å². The molecule has 1 N–H and O–H groups in total. The van der Waals surface area contributed by atoms with Gasteiger partial charge in [0.2, 0.25) is 5.91 Å². The molecule has 0 aliphatic rings. The molecule has 26 heavy (non-hydrogen) atoms. The lowest BCUT2D eigenvalue weighted by Gasteiger charge is -2.10. The predicted molar refractivity (Wildman–Crippen MR) is 114 cm³/mol. The first-order valence-corrected chi connectivity index (χ1v) is 10.2. The maximum atomic E-state index is 12.3. The number of nitrogens with one attached hydrogen (secondary N) is 1. The van der Waals surface area contributed by atoms with Crippen molar-refractivity contribution in [1.82, 2.24) is 14.8 Å². The summed E-state index contributed by atoms with van der Waals surface area (Å²) in [5.74, 6) is 1.08. The second kappa shape index (κ2) is 8.68. The molecule has 2 aromatic carbocycles. The van der Waals surface area contributed by atoms with E-state index in [1.54, 1.807) is 0 Å². The van der Waals surface area contributed by atoms with E-state index in [9.17, 15) is 4.79 Å². The first-order chi connectivity index (χ1) is 12.5. The van der Waals surface area contributed by atoms with Crippen molar-refractivity contribution in [2.75, 3.05) is 11.1 Å². The number of carbonyl (C=O) groups excluding carboxylic acids is 1. The molecule has 7 heteroatoms. The van der Waals surface area contributed by atoms with Crippen LogP contribution in [0.4, 0.5) is 5.69 Å². The molecule has 0 spiro atoms. The van der Waals surface area contributed by atoms with E-state index in [0.29, 0.717) is 12.3 Å². The molecule has 0 saturated carbocycles. The molecule has 3 rings (SSSR count). The highest BCUT2D eigenvalue weighted by Crippen LogP contribution is 2.21. The van der Waals surface area contributed by atoms with Gasteiger partial charge in [0, 0.05) is 9.26 Å². The van der Waals surface area contributed by atoms with E-state index in [2.05, 4.69) is 50.2 Å². The van der Waals surface area contributed by atoms with Crippen LogP contribution in [-0.2, 0) is 11.3 Å². The molecule has 3 aromatic rings. The van der Waals surface area contributed by atoms with Crippen LogP contribution in [-0.4, -0.2) is 26.4 Å². The number of carbonyl (C=O) groups is 1. The van der Waals surface area contributed by atoms with Crippen molar-refractivity contribution in [3.8, 4) is 0 Å². The number of rotatable bonds is 6. The molecule has 0 bridgehead atoms. The van der Waals surface area contributed by atoms with E-state index in [4.69, 9.17) is 0 Å². The number of anilines is 1. The molecule has 1 heterocycles. The molecular formula is C19H19IN4OS. The number of aryl methyl sites for hydroxylation is 2. The summed E-state index contributed by atoms with van der Waals surface area (Å²) in [5, 5.41) is 12.1. The maximum absolute atomic E-state index is 12.3. The molecule has 1 amide bonds. The molecule has 0 radical (unpaired) electrons. The highest BCUT2D eigenvalue weighted by molar-refractivity contribution is 14.1. The fraction of sp³-hybridized carbons (Fsp3) is 0.211. The molecular weight excluding hydrogens is 459 g/mol. The van der Waals surface area contributed by atoms with Crippen LogP contribution in [0.3, 0.4) is 0 Å². The first kappa shape index (κ1) is 18.9. The van der Waals surface area contributed by atoms with Gasteiger partial charge in [0.15, 0.2) is 5.16 Å². The van der Waals surface area contributed by atoms with Crippen molar-refractivity contribution in [2.45, 2.75) is 25.5 Å². The molecule has 0 aliphatic heterocycles. The predicted octanol–water partition coefficient (Wildman–Crippen LogP) is 4.28. The summed E-state index contributed by atoms with van der Waals surface area (Å²) in [7, 11) is 0. The SMILES string of the molecule is Cc1cc(I)ccc1NC(=O)CSc1nnc(C)n1Cc1ccccc1. The van der Waals surface area contributed by atoms with E-state index in [0.717, 1.165) is 25.8 Å². The average molecular weight is 478 g/mol. The molecule has 1 aromatic heterocycles. The number of aromatic nitrogens is 3. The lowest BCUT2D eigenvalue weighted by molar-refractivity contribution is -0.113. The third kappa shape index (κ3) is 4.85. The van der Waals surface area contributed by atoms with E-state index in [1.807, 2.05) is 54.8 Å². The van der Waals surface area contributed by atoms with Gasteiger partial charge in [-0.1, -0.05) is 42.1 Å². The Morgan fingerprint density at radius 3 is 2.65 bits per heavy atom. The molecule has 5 nitrogen and oxygen atoms in total. The second-order valence-corrected chi connectivity index (χ2v) is 8.09. The Hall–Kier alpha value is -1.87. The van der Waals surface area contributed by atoms with Crippen LogP contribution in [0.5, 0.6) is 0 Å². The first-order valence-electron chi connectivity index (χ1n) is 8.15. The smallest absolute Gasteiger partial charge is 0.234 e. The standard InChI is InChI=1S/C19H19IN4OS/c1-13-10-16(20)8-9-17(13)21-18(25)12-26-19-23-22-14(2)24(19)11-15-6-4-3-5-7-15/h3-10H,11-12H2,1-2H3,(H,21,25). The van der Waals surface area contributed by atoms with E-state index >= 15 is 0 Å². The minimum absolute atomic E-state index is 0.0498. The minimum Gasteiger partial charge on any atom is -0.325 e. The Balaban J connectivity index is 1.63. The van der Waals surface area contributed by atoms with E-state index < -0.39 is 0 Å². The quantitative estimate of drug-likeness (QED) is 0.425. The zero-order chi connectivity index (χ0) is 18.5. The van der Waals surface area contributed by atoms with E-state index in [1.165, 1.54) is 17.3 Å². The van der Waals surface area contributed by atoms with Crippen molar-refractivity contribution in [3.63, 3.8) is 0 Å². The fourth-order valence-electron chi connectivity index (χ4n) is 2.50. The number of benzene rings is 2. The number of thioether (sulfide) groups is 1. The number of amides is 1. The summed E-state index contributed by atoms with van der Waals surface area (Å²) in [6, 6.07) is 16.1. The zero-order valence-electron chi connectivity index (χ0n) is 14.6. The maximum Gasteiger partial charge on any atom is 0.234 e. The Kier molecular flexibility index (Phi) is 6.31. The van der Waals surface area contributed by atoms with Gasteiger partial charge in [-0.15, -0.1) is 10.2 Å².